The smallest absolute Gasteiger partial charge is 0.469 e. The van der Waals surface area contributed by atoms with Gasteiger partial charge in [-0.25, -0.2) is 9.37 Å². The van der Waals surface area contributed by atoms with Crippen molar-refractivity contribution in [1.29, 1.82) is 0 Å². The molecule has 1 aromatic carbocycles. The molecule has 7 nitrogen and oxygen atoms in total. The first-order valence-electron chi connectivity index (χ1n) is 11.4. The van der Waals surface area contributed by atoms with Gasteiger partial charge in [-0.3, -0.25) is 9.78 Å². The molecular weight excluding hydrogens is 424 g/mol. The average molecular weight is 453 g/mol. The minimum atomic E-state index is -0.525. The Hall–Kier alpha value is -2.52. The lowest BCUT2D eigenvalue weighted by atomic mass is 9.75. The first-order chi connectivity index (χ1) is 15.6. The summed E-state index contributed by atoms with van der Waals surface area (Å²) in [6.07, 6.45) is 5.52. The van der Waals surface area contributed by atoms with Crippen LogP contribution >= 0.6 is 0 Å². The van der Waals surface area contributed by atoms with E-state index >= 15 is 0 Å². The quantitative estimate of drug-likeness (QED) is 0.550. The van der Waals surface area contributed by atoms with Crippen molar-refractivity contribution in [2.75, 3.05) is 12.4 Å². The maximum absolute atomic E-state index is 14.9. The lowest BCUT2D eigenvalue weighted by molar-refractivity contribution is -0.142. The number of ether oxygens (including phenoxy) is 1. The number of rotatable bonds is 5. The molecule has 1 aliphatic heterocycles. The molecule has 0 amide bonds. The zero-order chi connectivity index (χ0) is 23.5. The zero-order valence-electron chi connectivity index (χ0n) is 19.6. The Morgan fingerprint density at radius 3 is 2.55 bits per heavy atom. The summed E-state index contributed by atoms with van der Waals surface area (Å²) >= 11 is 0. The number of nitrogens with one attached hydrogen (secondary N) is 1. The minimum absolute atomic E-state index is 0.0612. The van der Waals surface area contributed by atoms with Gasteiger partial charge in [-0.15, -0.1) is 0 Å². The second-order valence-corrected chi connectivity index (χ2v) is 10.2. The lowest BCUT2D eigenvalue weighted by Gasteiger charge is -2.32. The van der Waals surface area contributed by atoms with Crippen LogP contribution in [0.15, 0.2) is 24.5 Å². The highest BCUT2D eigenvalue weighted by molar-refractivity contribution is 6.62. The van der Waals surface area contributed by atoms with Crippen molar-refractivity contribution in [2.24, 2.45) is 5.92 Å². The molecule has 0 bridgehead atoms. The molecule has 33 heavy (non-hydrogen) atoms. The van der Waals surface area contributed by atoms with Gasteiger partial charge in [-0.2, -0.15) is 0 Å². The highest BCUT2D eigenvalue weighted by Crippen LogP contribution is 2.47. The second-order valence-electron chi connectivity index (χ2n) is 10.2. The van der Waals surface area contributed by atoms with Gasteiger partial charge >= 0.3 is 13.1 Å². The molecule has 3 aliphatic rings. The summed E-state index contributed by atoms with van der Waals surface area (Å²) in [6.45, 7) is 8.05. The van der Waals surface area contributed by atoms with Crippen LogP contribution < -0.4 is 10.8 Å². The summed E-state index contributed by atoms with van der Waals surface area (Å²) in [4.78, 5) is 20.6. The van der Waals surface area contributed by atoms with E-state index in [9.17, 15) is 9.18 Å². The number of carbonyl (C=O) groups is 1. The van der Waals surface area contributed by atoms with E-state index in [1.165, 1.54) is 13.2 Å². The average Bonchev–Trinajstić information content (AvgIpc) is 3.40. The van der Waals surface area contributed by atoms with Crippen molar-refractivity contribution in [3.05, 3.63) is 47.2 Å². The Kier molecular flexibility index (Phi) is 5.25. The fraction of sp³-hybridized carbons (Fsp3) is 0.542. The van der Waals surface area contributed by atoms with Crippen molar-refractivity contribution in [3.63, 3.8) is 0 Å². The molecule has 0 spiro atoms. The Bertz CT molecular complexity index is 1080. The van der Waals surface area contributed by atoms with E-state index in [2.05, 4.69) is 15.3 Å². The van der Waals surface area contributed by atoms with E-state index in [1.807, 2.05) is 27.7 Å². The van der Waals surface area contributed by atoms with E-state index < -0.39 is 18.3 Å². The Morgan fingerprint density at radius 1 is 1.18 bits per heavy atom. The highest BCUT2D eigenvalue weighted by Gasteiger charge is 2.53. The third-order valence-corrected chi connectivity index (χ3v) is 7.55. The van der Waals surface area contributed by atoms with Gasteiger partial charge in [0.25, 0.3) is 0 Å². The molecule has 2 aromatic rings. The molecule has 2 heterocycles. The number of nitrogens with zero attached hydrogens (tertiary/aromatic N) is 2. The van der Waals surface area contributed by atoms with Crippen LogP contribution in [0, 0.1) is 11.7 Å². The molecule has 1 saturated carbocycles. The molecule has 2 fully saturated rings. The summed E-state index contributed by atoms with van der Waals surface area (Å²) in [5.41, 5.74) is 2.33. The monoisotopic (exact) mass is 453 g/mol. The first-order valence-corrected chi connectivity index (χ1v) is 11.4. The summed E-state index contributed by atoms with van der Waals surface area (Å²) < 4.78 is 32.2. The van der Waals surface area contributed by atoms with Gasteiger partial charge < -0.3 is 19.4 Å². The third-order valence-electron chi connectivity index (χ3n) is 7.55. The van der Waals surface area contributed by atoms with Crippen LogP contribution in [0.2, 0.25) is 0 Å². The van der Waals surface area contributed by atoms with Gasteiger partial charge in [-0.05, 0) is 64.1 Å². The highest BCUT2D eigenvalue weighted by atomic mass is 19.1. The molecule has 2 aliphatic carbocycles. The van der Waals surface area contributed by atoms with Crippen molar-refractivity contribution < 1.29 is 23.2 Å². The number of esters is 1. The molecule has 1 aromatic heterocycles. The van der Waals surface area contributed by atoms with E-state index in [4.69, 9.17) is 14.0 Å². The standard InChI is InChI=1S/C24H29BFN3O4/c1-23(2)24(3,4)33-25(32-23)16-7-8-17(26)21-13(16)6-9-18(21)29-20-12-27-19(11-28-20)14-10-15(14)22(30)31-5/h7-8,11-12,14-15,18H,6,9-10H2,1-5H3,(H,28,29)/t14-,15-,18+/m0/s1. The van der Waals surface area contributed by atoms with Crippen molar-refractivity contribution in [2.45, 2.75) is 70.1 Å². The molecule has 174 valence electrons. The number of aromatic nitrogens is 2. The van der Waals surface area contributed by atoms with E-state index in [-0.39, 0.29) is 29.7 Å². The maximum Gasteiger partial charge on any atom is 0.495 e. The van der Waals surface area contributed by atoms with Crippen molar-refractivity contribution in [3.8, 4) is 0 Å². The SMILES string of the molecule is COC(=O)[C@H]1C[C@@H]1c1cnc(N[C@@H]2CCc3c(B4OC(C)(C)C(C)(C)O4)ccc(F)c32)cn1. The van der Waals surface area contributed by atoms with Crippen LogP contribution in [0.1, 0.15) is 69.3 Å². The van der Waals surface area contributed by atoms with Crippen molar-refractivity contribution in [1.82, 2.24) is 9.97 Å². The number of methoxy groups -OCH3 is 1. The molecule has 3 atom stereocenters. The number of hydrogen-bond donors (Lipinski definition) is 1. The number of fused-ring (bicyclic) bond motifs is 1. The predicted molar refractivity (Wildman–Crippen MR) is 122 cm³/mol. The van der Waals surface area contributed by atoms with Gasteiger partial charge in [0.2, 0.25) is 0 Å². The van der Waals surface area contributed by atoms with Crippen molar-refractivity contribution >= 4 is 24.4 Å². The minimum Gasteiger partial charge on any atom is -0.469 e. The van der Waals surface area contributed by atoms with Crippen LogP contribution in [0.25, 0.3) is 0 Å². The largest absolute Gasteiger partial charge is 0.495 e. The number of hydrogen-bond acceptors (Lipinski definition) is 7. The molecule has 0 unspecified atom stereocenters. The van der Waals surface area contributed by atoms with Crippen LogP contribution in [-0.4, -0.2) is 41.4 Å². The number of anilines is 1. The summed E-state index contributed by atoms with van der Waals surface area (Å²) in [7, 11) is 0.871. The molecule has 5 rings (SSSR count). The predicted octanol–water partition coefficient (Wildman–Crippen LogP) is 3.29. The van der Waals surface area contributed by atoms with Gasteiger partial charge in [0.1, 0.15) is 11.6 Å². The van der Waals surface area contributed by atoms with E-state index in [0.717, 1.165) is 36.0 Å². The van der Waals surface area contributed by atoms with Gasteiger partial charge in [0, 0.05) is 11.5 Å². The van der Waals surface area contributed by atoms with E-state index in [0.29, 0.717) is 11.4 Å². The lowest BCUT2D eigenvalue weighted by Crippen LogP contribution is -2.41. The second kappa shape index (κ2) is 7.77. The molecule has 9 heteroatoms. The molecule has 0 radical (unpaired) electrons. The van der Waals surface area contributed by atoms with Crippen LogP contribution in [0.4, 0.5) is 10.2 Å². The molecule has 1 N–H and O–H groups in total. The summed E-state index contributed by atoms with van der Waals surface area (Å²) in [5, 5.41) is 3.33. The Morgan fingerprint density at radius 2 is 1.91 bits per heavy atom. The fourth-order valence-corrected chi connectivity index (χ4v) is 4.79. The van der Waals surface area contributed by atoms with E-state index in [1.54, 1.807) is 18.5 Å². The van der Waals surface area contributed by atoms with Crippen LogP contribution in [0.5, 0.6) is 0 Å². The third kappa shape index (κ3) is 3.81. The summed E-state index contributed by atoms with van der Waals surface area (Å²) in [6, 6.07) is 3.06. The Balaban J connectivity index is 1.33. The number of halogens is 1. The summed E-state index contributed by atoms with van der Waals surface area (Å²) in [5.74, 6) is 0.0503. The zero-order valence-corrected chi connectivity index (χ0v) is 19.6. The number of carbonyl (C=O) groups excluding carboxylic acids is 1. The maximum atomic E-state index is 14.9. The van der Waals surface area contributed by atoms with Gasteiger partial charge in [0.05, 0.1) is 48.4 Å². The van der Waals surface area contributed by atoms with Gasteiger partial charge in [0.15, 0.2) is 0 Å². The molecular formula is C24H29BFN3O4. The molecule has 1 saturated heterocycles. The normalized spacial score (nSPS) is 26.7. The first kappa shape index (κ1) is 22.3. The fourth-order valence-electron chi connectivity index (χ4n) is 4.79. The van der Waals surface area contributed by atoms with Crippen LogP contribution in [0.3, 0.4) is 0 Å². The van der Waals surface area contributed by atoms with Crippen LogP contribution in [-0.2, 0) is 25.3 Å². The topological polar surface area (TPSA) is 82.6 Å². The van der Waals surface area contributed by atoms with Gasteiger partial charge in [-0.1, -0.05) is 6.07 Å². The number of benzene rings is 1. The Labute approximate surface area is 193 Å².